The zero-order valence-corrected chi connectivity index (χ0v) is 15.1. The summed E-state index contributed by atoms with van der Waals surface area (Å²) in [4.78, 5) is 12.7. The van der Waals surface area contributed by atoms with Crippen LogP contribution in [0.3, 0.4) is 0 Å². The number of nitrogens with one attached hydrogen (secondary N) is 1. The topological polar surface area (TPSA) is 56.1 Å². The third-order valence-corrected chi connectivity index (χ3v) is 4.69. The van der Waals surface area contributed by atoms with Gasteiger partial charge in [-0.2, -0.15) is 5.10 Å². The van der Waals surface area contributed by atoms with Crippen LogP contribution in [0.4, 0.5) is 0 Å². The van der Waals surface area contributed by atoms with Crippen LogP contribution in [0, 0.1) is 19.8 Å². The molecule has 1 aliphatic heterocycles. The van der Waals surface area contributed by atoms with Crippen molar-refractivity contribution in [2.45, 2.75) is 45.8 Å². The van der Waals surface area contributed by atoms with Crippen LogP contribution in [0.25, 0.3) is 0 Å². The van der Waals surface area contributed by atoms with E-state index in [1.54, 1.807) is 0 Å². The Morgan fingerprint density at radius 2 is 2.08 bits per heavy atom. The molecule has 5 heteroatoms. The van der Waals surface area contributed by atoms with Gasteiger partial charge < -0.3 is 10.1 Å². The van der Waals surface area contributed by atoms with Crippen LogP contribution < -0.4 is 5.32 Å². The monoisotopic (exact) mass is 341 g/mol. The summed E-state index contributed by atoms with van der Waals surface area (Å²) in [6.07, 6.45) is 6.42. The van der Waals surface area contributed by atoms with Crippen LogP contribution in [-0.4, -0.2) is 28.8 Å². The zero-order chi connectivity index (χ0) is 17.6. The Hall–Kier alpha value is -2.14. The maximum absolute atomic E-state index is 12.7. The molecule has 2 aromatic rings. The molecular formula is C20H27N3O2. The van der Waals surface area contributed by atoms with Crippen molar-refractivity contribution in [3.63, 3.8) is 0 Å². The molecule has 0 bridgehead atoms. The normalized spacial score (nSPS) is 20.4. The number of ether oxygens (including phenoxy) is 1. The first kappa shape index (κ1) is 17.7. The van der Waals surface area contributed by atoms with Crippen LogP contribution in [0.1, 0.15) is 42.1 Å². The number of rotatable bonds is 6. The quantitative estimate of drug-likeness (QED) is 0.821. The Balaban J connectivity index is 1.52. The molecule has 25 heavy (non-hydrogen) atoms. The Morgan fingerprint density at radius 1 is 1.28 bits per heavy atom. The Kier molecular flexibility index (Phi) is 5.87. The molecule has 3 rings (SSSR count). The van der Waals surface area contributed by atoms with E-state index in [4.69, 9.17) is 4.74 Å². The first-order chi connectivity index (χ1) is 12.1. The highest BCUT2D eigenvalue weighted by Crippen LogP contribution is 2.33. The Bertz CT molecular complexity index is 693. The number of aromatic nitrogens is 2. The van der Waals surface area contributed by atoms with Gasteiger partial charge in [0, 0.05) is 25.9 Å². The van der Waals surface area contributed by atoms with Crippen molar-refractivity contribution in [2.24, 2.45) is 5.92 Å². The second-order valence-corrected chi connectivity index (χ2v) is 6.88. The highest BCUT2D eigenvalue weighted by Gasteiger charge is 2.32. The first-order valence-corrected chi connectivity index (χ1v) is 9.08. The molecular weight excluding hydrogens is 314 g/mol. The van der Waals surface area contributed by atoms with Crippen molar-refractivity contribution in [1.29, 1.82) is 0 Å². The van der Waals surface area contributed by atoms with E-state index < -0.39 is 0 Å². The maximum Gasteiger partial charge on any atom is 0.226 e. The standard InChI is InChI=1S/C20H27N3O2/c1-15-6-8-17(9-7-15)19-18(5-3-12-25-19)20(24)21-10-4-11-23-14-16(2)13-22-23/h6-9,13-14,18-19H,3-5,10-12H2,1-2H3,(H,21,24)/t18-,19+/m0/s1. The maximum atomic E-state index is 12.7. The lowest BCUT2D eigenvalue weighted by Gasteiger charge is -2.31. The predicted octanol–water partition coefficient (Wildman–Crippen LogP) is 3.17. The fraction of sp³-hybridized carbons (Fsp3) is 0.500. The Morgan fingerprint density at radius 3 is 2.80 bits per heavy atom. The molecule has 2 heterocycles. The molecule has 2 atom stereocenters. The third kappa shape index (κ3) is 4.69. The summed E-state index contributed by atoms with van der Waals surface area (Å²) < 4.78 is 7.86. The van der Waals surface area contributed by atoms with Gasteiger partial charge in [-0.1, -0.05) is 29.8 Å². The van der Waals surface area contributed by atoms with Crippen molar-refractivity contribution in [3.8, 4) is 0 Å². The molecule has 0 spiro atoms. The first-order valence-electron chi connectivity index (χ1n) is 9.08. The summed E-state index contributed by atoms with van der Waals surface area (Å²) in [5.41, 5.74) is 3.47. The minimum Gasteiger partial charge on any atom is -0.373 e. The number of nitrogens with zero attached hydrogens (tertiary/aromatic N) is 2. The van der Waals surface area contributed by atoms with Crippen molar-refractivity contribution in [3.05, 3.63) is 53.3 Å². The fourth-order valence-corrected chi connectivity index (χ4v) is 3.31. The lowest BCUT2D eigenvalue weighted by Crippen LogP contribution is -2.38. The molecule has 0 aliphatic carbocycles. The van der Waals surface area contributed by atoms with Gasteiger partial charge in [0.2, 0.25) is 5.91 Å². The second kappa shape index (κ2) is 8.30. The van der Waals surface area contributed by atoms with E-state index in [2.05, 4.69) is 41.6 Å². The van der Waals surface area contributed by atoms with Gasteiger partial charge in [-0.3, -0.25) is 9.48 Å². The van der Waals surface area contributed by atoms with Crippen molar-refractivity contribution < 1.29 is 9.53 Å². The number of hydrogen-bond acceptors (Lipinski definition) is 3. The molecule has 5 nitrogen and oxygen atoms in total. The molecule has 1 saturated heterocycles. The molecule has 134 valence electrons. The van der Waals surface area contributed by atoms with Crippen molar-refractivity contribution >= 4 is 5.91 Å². The molecule has 1 aromatic carbocycles. The van der Waals surface area contributed by atoms with E-state index in [9.17, 15) is 4.79 Å². The summed E-state index contributed by atoms with van der Waals surface area (Å²) in [5, 5.41) is 7.35. The largest absolute Gasteiger partial charge is 0.373 e. The predicted molar refractivity (Wildman–Crippen MR) is 97.2 cm³/mol. The van der Waals surface area contributed by atoms with E-state index >= 15 is 0 Å². The molecule has 0 saturated carbocycles. The van der Waals surface area contributed by atoms with Gasteiger partial charge in [0.15, 0.2) is 0 Å². The van der Waals surface area contributed by atoms with Gasteiger partial charge in [0.25, 0.3) is 0 Å². The van der Waals surface area contributed by atoms with E-state index in [-0.39, 0.29) is 17.9 Å². The summed E-state index contributed by atoms with van der Waals surface area (Å²) in [7, 11) is 0. The van der Waals surface area contributed by atoms with Crippen LogP contribution in [-0.2, 0) is 16.1 Å². The summed E-state index contributed by atoms with van der Waals surface area (Å²) in [6, 6.07) is 8.31. The molecule has 1 aromatic heterocycles. The van der Waals surface area contributed by atoms with Crippen LogP contribution >= 0.6 is 0 Å². The number of carbonyl (C=O) groups is 1. The van der Waals surface area contributed by atoms with Crippen LogP contribution in [0.2, 0.25) is 0 Å². The lowest BCUT2D eigenvalue weighted by molar-refractivity contribution is -0.134. The van der Waals surface area contributed by atoms with Gasteiger partial charge in [-0.15, -0.1) is 0 Å². The van der Waals surface area contributed by atoms with E-state index in [1.807, 2.05) is 24.0 Å². The second-order valence-electron chi connectivity index (χ2n) is 6.88. The highest BCUT2D eigenvalue weighted by molar-refractivity contribution is 5.79. The number of aryl methyl sites for hydroxylation is 3. The molecule has 1 N–H and O–H groups in total. The summed E-state index contributed by atoms with van der Waals surface area (Å²) >= 11 is 0. The molecule has 1 fully saturated rings. The highest BCUT2D eigenvalue weighted by atomic mass is 16.5. The van der Waals surface area contributed by atoms with Gasteiger partial charge >= 0.3 is 0 Å². The third-order valence-electron chi connectivity index (χ3n) is 4.69. The molecule has 1 amide bonds. The molecule has 1 aliphatic rings. The van der Waals surface area contributed by atoms with E-state index in [1.165, 1.54) is 5.56 Å². The number of hydrogen-bond donors (Lipinski definition) is 1. The minimum absolute atomic E-state index is 0.0990. The van der Waals surface area contributed by atoms with Crippen molar-refractivity contribution in [2.75, 3.05) is 13.2 Å². The van der Waals surface area contributed by atoms with Gasteiger partial charge in [0.1, 0.15) is 0 Å². The smallest absolute Gasteiger partial charge is 0.226 e. The fourth-order valence-electron chi connectivity index (χ4n) is 3.31. The van der Waals surface area contributed by atoms with Gasteiger partial charge in [-0.05, 0) is 44.2 Å². The Labute approximate surface area is 149 Å². The van der Waals surface area contributed by atoms with E-state index in [0.717, 1.165) is 43.5 Å². The average Bonchev–Trinajstić information content (AvgIpc) is 3.04. The van der Waals surface area contributed by atoms with Crippen LogP contribution in [0.15, 0.2) is 36.7 Å². The number of amides is 1. The summed E-state index contributed by atoms with van der Waals surface area (Å²) in [6.45, 7) is 6.29. The number of carbonyl (C=O) groups excluding carboxylic acids is 1. The SMILES string of the molecule is Cc1ccc([C@H]2OCCC[C@@H]2C(=O)NCCCn2cc(C)cn2)cc1. The number of benzene rings is 1. The average molecular weight is 341 g/mol. The van der Waals surface area contributed by atoms with Crippen LogP contribution in [0.5, 0.6) is 0 Å². The minimum atomic E-state index is -0.136. The van der Waals surface area contributed by atoms with Gasteiger partial charge in [0.05, 0.1) is 18.2 Å². The summed E-state index contributed by atoms with van der Waals surface area (Å²) in [5.74, 6) is -0.00896. The zero-order valence-electron chi connectivity index (χ0n) is 15.1. The van der Waals surface area contributed by atoms with E-state index in [0.29, 0.717) is 6.54 Å². The lowest BCUT2D eigenvalue weighted by atomic mass is 9.88. The van der Waals surface area contributed by atoms with Gasteiger partial charge in [-0.25, -0.2) is 0 Å². The van der Waals surface area contributed by atoms with Crippen molar-refractivity contribution in [1.82, 2.24) is 15.1 Å². The molecule has 0 unspecified atom stereocenters. The molecule has 0 radical (unpaired) electrons.